The van der Waals surface area contributed by atoms with Gasteiger partial charge in [-0.15, -0.1) is 0 Å². The first-order valence-corrected chi connectivity index (χ1v) is 6.85. The lowest BCUT2D eigenvalue weighted by Gasteiger charge is -2.24. The van der Waals surface area contributed by atoms with Crippen LogP contribution in [0, 0.1) is 12.8 Å². The van der Waals surface area contributed by atoms with Crippen molar-refractivity contribution in [1.82, 2.24) is 4.90 Å². The SMILES string of the molecule is Cc1cccc(NC(=O)N(CCCN)CC(C)C)c1. The molecule has 2 amide bonds. The first-order chi connectivity index (χ1) is 9.02. The zero-order valence-electron chi connectivity index (χ0n) is 12.1. The van der Waals surface area contributed by atoms with Crippen molar-refractivity contribution in [1.29, 1.82) is 0 Å². The molecule has 0 spiro atoms. The molecule has 0 radical (unpaired) electrons. The van der Waals surface area contributed by atoms with E-state index in [1.54, 1.807) is 0 Å². The molecule has 0 fully saturated rings. The number of nitrogens with two attached hydrogens (primary N) is 1. The van der Waals surface area contributed by atoms with E-state index in [1.165, 1.54) is 0 Å². The molecular weight excluding hydrogens is 238 g/mol. The molecule has 0 bridgehead atoms. The van der Waals surface area contributed by atoms with Crippen LogP contribution in [0.1, 0.15) is 25.8 Å². The van der Waals surface area contributed by atoms with E-state index in [9.17, 15) is 4.79 Å². The van der Waals surface area contributed by atoms with Crippen molar-refractivity contribution in [2.24, 2.45) is 11.7 Å². The summed E-state index contributed by atoms with van der Waals surface area (Å²) >= 11 is 0. The second kappa shape index (κ2) is 7.79. The molecule has 0 aromatic heterocycles. The summed E-state index contributed by atoms with van der Waals surface area (Å²) in [5.74, 6) is 0.445. The summed E-state index contributed by atoms with van der Waals surface area (Å²) < 4.78 is 0. The molecule has 0 aliphatic heterocycles. The molecule has 0 saturated carbocycles. The molecule has 106 valence electrons. The molecule has 1 aromatic carbocycles. The standard InChI is InChI=1S/C15H25N3O/c1-12(2)11-18(9-5-8-16)15(19)17-14-7-4-6-13(3)10-14/h4,6-7,10,12H,5,8-9,11,16H2,1-3H3,(H,17,19). The van der Waals surface area contributed by atoms with Gasteiger partial charge >= 0.3 is 6.03 Å². The second-order valence-electron chi connectivity index (χ2n) is 5.28. The smallest absolute Gasteiger partial charge is 0.321 e. The number of amides is 2. The first-order valence-electron chi connectivity index (χ1n) is 6.85. The topological polar surface area (TPSA) is 58.4 Å². The van der Waals surface area contributed by atoms with E-state index in [-0.39, 0.29) is 6.03 Å². The lowest BCUT2D eigenvalue weighted by molar-refractivity contribution is 0.204. The summed E-state index contributed by atoms with van der Waals surface area (Å²) in [6.07, 6.45) is 0.827. The predicted octanol–water partition coefficient (Wildman–Crippen LogP) is 2.83. The maximum absolute atomic E-state index is 12.2. The van der Waals surface area contributed by atoms with Gasteiger partial charge in [0.1, 0.15) is 0 Å². The third kappa shape index (κ3) is 5.75. The minimum absolute atomic E-state index is 0.0484. The molecule has 0 saturated heterocycles. The van der Waals surface area contributed by atoms with Crippen molar-refractivity contribution in [3.05, 3.63) is 29.8 Å². The highest BCUT2D eigenvalue weighted by Crippen LogP contribution is 2.11. The van der Waals surface area contributed by atoms with Crippen molar-refractivity contribution in [2.75, 3.05) is 25.0 Å². The number of carbonyl (C=O) groups excluding carboxylic acids is 1. The quantitative estimate of drug-likeness (QED) is 0.829. The van der Waals surface area contributed by atoms with Crippen LogP contribution < -0.4 is 11.1 Å². The molecule has 0 aliphatic carbocycles. The Bertz CT molecular complexity index is 404. The van der Waals surface area contributed by atoms with E-state index in [0.717, 1.165) is 24.2 Å². The van der Waals surface area contributed by atoms with Gasteiger partial charge in [0.2, 0.25) is 0 Å². The molecule has 0 aliphatic rings. The highest BCUT2D eigenvalue weighted by atomic mass is 16.2. The number of hydrogen-bond acceptors (Lipinski definition) is 2. The molecule has 19 heavy (non-hydrogen) atoms. The fraction of sp³-hybridized carbons (Fsp3) is 0.533. The zero-order chi connectivity index (χ0) is 14.3. The zero-order valence-corrected chi connectivity index (χ0v) is 12.1. The molecule has 1 rings (SSSR count). The third-order valence-electron chi connectivity index (χ3n) is 2.77. The van der Waals surface area contributed by atoms with Crippen molar-refractivity contribution in [3.63, 3.8) is 0 Å². The van der Waals surface area contributed by atoms with E-state index < -0.39 is 0 Å². The Morgan fingerprint density at radius 2 is 2.16 bits per heavy atom. The van der Waals surface area contributed by atoms with Crippen LogP contribution in [-0.2, 0) is 0 Å². The number of aryl methyl sites for hydroxylation is 1. The van der Waals surface area contributed by atoms with Gasteiger partial charge in [-0.25, -0.2) is 4.79 Å². The Morgan fingerprint density at radius 1 is 1.42 bits per heavy atom. The summed E-state index contributed by atoms with van der Waals surface area (Å²) in [5.41, 5.74) is 7.50. The van der Waals surface area contributed by atoms with Gasteiger partial charge in [0.15, 0.2) is 0 Å². The van der Waals surface area contributed by atoms with Crippen molar-refractivity contribution in [2.45, 2.75) is 27.2 Å². The first kappa shape index (κ1) is 15.5. The number of nitrogens with zero attached hydrogens (tertiary/aromatic N) is 1. The summed E-state index contributed by atoms with van der Waals surface area (Å²) in [6.45, 7) is 8.27. The molecule has 4 nitrogen and oxygen atoms in total. The maximum atomic E-state index is 12.2. The van der Waals surface area contributed by atoms with E-state index in [2.05, 4.69) is 19.2 Å². The van der Waals surface area contributed by atoms with E-state index >= 15 is 0 Å². The van der Waals surface area contributed by atoms with Crippen molar-refractivity contribution >= 4 is 11.7 Å². The molecule has 1 aromatic rings. The van der Waals surface area contributed by atoms with Gasteiger partial charge in [-0.2, -0.15) is 0 Å². The van der Waals surface area contributed by atoms with Gasteiger partial charge in [-0.3, -0.25) is 0 Å². The number of hydrogen-bond donors (Lipinski definition) is 2. The minimum atomic E-state index is -0.0484. The fourth-order valence-corrected chi connectivity index (χ4v) is 1.92. The van der Waals surface area contributed by atoms with Crippen LogP contribution in [0.2, 0.25) is 0 Å². The van der Waals surface area contributed by atoms with Crippen molar-refractivity contribution in [3.8, 4) is 0 Å². The van der Waals surface area contributed by atoms with Gasteiger partial charge in [-0.1, -0.05) is 26.0 Å². The fourth-order valence-electron chi connectivity index (χ4n) is 1.92. The number of carbonyl (C=O) groups is 1. The van der Waals surface area contributed by atoms with Gasteiger partial charge < -0.3 is 16.0 Å². The average molecular weight is 263 g/mol. The average Bonchev–Trinajstić information content (AvgIpc) is 2.34. The van der Waals surface area contributed by atoms with Gasteiger partial charge in [0.05, 0.1) is 0 Å². The van der Waals surface area contributed by atoms with Crippen LogP contribution >= 0.6 is 0 Å². The lowest BCUT2D eigenvalue weighted by atomic mass is 10.2. The summed E-state index contributed by atoms with van der Waals surface area (Å²) in [7, 11) is 0. The lowest BCUT2D eigenvalue weighted by Crippen LogP contribution is -2.38. The largest absolute Gasteiger partial charge is 0.330 e. The monoisotopic (exact) mass is 263 g/mol. The molecule has 3 N–H and O–H groups in total. The molecule has 0 unspecified atom stereocenters. The van der Waals surface area contributed by atoms with Gasteiger partial charge in [-0.05, 0) is 43.5 Å². The Kier molecular flexibility index (Phi) is 6.36. The number of anilines is 1. The maximum Gasteiger partial charge on any atom is 0.321 e. The minimum Gasteiger partial charge on any atom is -0.330 e. The van der Waals surface area contributed by atoms with Gasteiger partial charge in [0, 0.05) is 18.8 Å². The predicted molar refractivity (Wildman–Crippen MR) is 80.3 cm³/mol. The summed E-state index contributed by atoms with van der Waals surface area (Å²) in [6, 6.07) is 7.77. The Balaban J connectivity index is 2.65. The molecular formula is C15H25N3O. The highest BCUT2D eigenvalue weighted by molar-refractivity contribution is 5.89. The van der Waals surface area contributed by atoms with E-state index in [1.807, 2.05) is 36.1 Å². The third-order valence-corrected chi connectivity index (χ3v) is 2.77. The van der Waals surface area contributed by atoms with E-state index in [0.29, 0.717) is 19.0 Å². The Morgan fingerprint density at radius 3 is 2.74 bits per heavy atom. The van der Waals surface area contributed by atoms with Crippen LogP contribution in [0.3, 0.4) is 0 Å². The van der Waals surface area contributed by atoms with Gasteiger partial charge in [0.25, 0.3) is 0 Å². The number of rotatable bonds is 6. The Hall–Kier alpha value is -1.55. The number of benzene rings is 1. The normalized spacial score (nSPS) is 10.6. The highest BCUT2D eigenvalue weighted by Gasteiger charge is 2.14. The van der Waals surface area contributed by atoms with Crippen molar-refractivity contribution < 1.29 is 4.79 Å². The summed E-state index contributed by atoms with van der Waals surface area (Å²) in [5, 5.41) is 2.94. The van der Waals surface area contributed by atoms with Crippen LogP contribution in [0.15, 0.2) is 24.3 Å². The molecule has 0 heterocycles. The van der Waals surface area contributed by atoms with Crippen LogP contribution in [0.5, 0.6) is 0 Å². The van der Waals surface area contributed by atoms with Crippen LogP contribution in [0.25, 0.3) is 0 Å². The second-order valence-corrected chi connectivity index (χ2v) is 5.28. The van der Waals surface area contributed by atoms with E-state index in [4.69, 9.17) is 5.73 Å². The van der Waals surface area contributed by atoms with Crippen LogP contribution in [-0.4, -0.2) is 30.6 Å². The Labute approximate surface area is 116 Å². The molecule has 4 heteroatoms. The number of urea groups is 1. The number of nitrogens with one attached hydrogen (secondary N) is 1. The molecule has 0 atom stereocenters. The summed E-state index contributed by atoms with van der Waals surface area (Å²) in [4.78, 5) is 14.1. The van der Waals surface area contributed by atoms with Crippen LogP contribution in [0.4, 0.5) is 10.5 Å².